The quantitative estimate of drug-likeness (QED) is 0.0607. The number of hydrogen-bond acceptors (Lipinski definition) is 7. The number of carboxylic acids is 2. The molecule has 0 aliphatic carbocycles. The molecule has 1 unspecified atom stereocenters. The Kier molecular flexibility index (Phi) is 12.5. The molecule has 1 aliphatic rings. The van der Waals surface area contributed by atoms with Crippen LogP contribution in [0, 0.1) is 0 Å². The molecule has 5 N–H and O–H groups in total. The van der Waals surface area contributed by atoms with Crippen molar-refractivity contribution in [3.05, 3.63) is 156 Å². The van der Waals surface area contributed by atoms with Crippen LogP contribution in [0.3, 0.4) is 0 Å². The van der Waals surface area contributed by atoms with E-state index in [9.17, 15) is 19.5 Å². The largest absolute Gasteiger partial charge is 0.478 e. The van der Waals surface area contributed by atoms with E-state index in [4.69, 9.17) is 14.9 Å². The first-order valence-corrected chi connectivity index (χ1v) is 17.5. The second-order valence-electron chi connectivity index (χ2n) is 12.5. The van der Waals surface area contributed by atoms with Gasteiger partial charge in [-0.1, -0.05) is 108 Å². The van der Waals surface area contributed by atoms with Gasteiger partial charge in [-0.25, -0.2) is 19.6 Å². The number of H-pyrrole nitrogens is 2. The van der Waals surface area contributed by atoms with E-state index in [0.717, 1.165) is 58.0 Å². The highest BCUT2D eigenvalue weighted by Gasteiger charge is 2.28. The molecule has 0 saturated heterocycles. The molecule has 12 nitrogen and oxygen atoms in total. The fourth-order valence-corrected chi connectivity index (χ4v) is 5.70. The number of carbonyl (C=O) groups excluding carboxylic acids is 1. The molecular weight excluding hydrogens is 697 g/mol. The number of amides is 1. The van der Waals surface area contributed by atoms with Crippen molar-refractivity contribution in [3.8, 4) is 33.9 Å². The topological polar surface area (TPSA) is 183 Å². The Balaban J connectivity index is 0.000000951. The van der Waals surface area contributed by atoms with Crippen LogP contribution in [0.4, 0.5) is 0 Å². The maximum atomic E-state index is 12.4. The van der Waals surface area contributed by atoms with Crippen molar-refractivity contribution in [1.29, 1.82) is 0 Å². The molecule has 276 valence electrons. The number of aromatic amines is 2. The van der Waals surface area contributed by atoms with E-state index in [-0.39, 0.29) is 12.3 Å². The third kappa shape index (κ3) is 10.6. The summed E-state index contributed by atoms with van der Waals surface area (Å²) < 4.78 is 0. The molecular formula is C43H38N6O6. The number of aliphatic carboxylic acids is 2. The van der Waals surface area contributed by atoms with Crippen LogP contribution >= 0.6 is 0 Å². The minimum absolute atomic E-state index is 0.149. The Morgan fingerprint density at radius 3 is 2.05 bits per heavy atom. The molecule has 0 saturated carbocycles. The van der Waals surface area contributed by atoms with Gasteiger partial charge in [0.15, 0.2) is 0 Å². The third-order valence-electron chi connectivity index (χ3n) is 8.56. The Bertz CT molecular complexity index is 2260. The predicted octanol–water partition coefficient (Wildman–Crippen LogP) is 7.26. The lowest BCUT2D eigenvalue weighted by Gasteiger charge is -2.06. The number of imidazole rings is 2. The molecule has 0 radical (unpaired) electrons. The van der Waals surface area contributed by atoms with Crippen LogP contribution in [0.2, 0.25) is 0 Å². The molecule has 0 fully saturated rings. The van der Waals surface area contributed by atoms with Gasteiger partial charge >= 0.3 is 11.9 Å². The number of nitrogens with one attached hydrogen (secondary N) is 3. The fraction of sp³-hybridized carbons (Fsp3) is 0.116. The van der Waals surface area contributed by atoms with E-state index >= 15 is 0 Å². The molecule has 6 aromatic rings. The van der Waals surface area contributed by atoms with E-state index in [1.54, 1.807) is 24.8 Å². The van der Waals surface area contributed by atoms with Gasteiger partial charge in [-0.3, -0.25) is 4.79 Å². The van der Waals surface area contributed by atoms with Gasteiger partial charge in [-0.15, -0.1) is 0 Å². The zero-order valence-corrected chi connectivity index (χ0v) is 29.6. The van der Waals surface area contributed by atoms with Gasteiger partial charge in [0.2, 0.25) is 12.0 Å². The van der Waals surface area contributed by atoms with Crippen LogP contribution in [0.1, 0.15) is 35.1 Å². The molecule has 12 heteroatoms. The Morgan fingerprint density at radius 2 is 1.45 bits per heavy atom. The second kappa shape index (κ2) is 18.4. The van der Waals surface area contributed by atoms with E-state index in [1.165, 1.54) is 17.7 Å². The summed E-state index contributed by atoms with van der Waals surface area (Å²) in [6, 6.07) is 32.9. The average molecular weight is 735 g/mol. The first kappa shape index (κ1) is 37.4. The Morgan fingerprint density at radius 1 is 0.800 bits per heavy atom. The molecule has 2 aromatic heterocycles. The zero-order chi connectivity index (χ0) is 38.4. The summed E-state index contributed by atoms with van der Waals surface area (Å²) in [6.45, 7) is 0.593. The van der Waals surface area contributed by atoms with Gasteiger partial charge in [0.25, 0.3) is 0 Å². The van der Waals surface area contributed by atoms with Gasteiger partial charge < -0.3 is 30.3 Å². The number of oxime groups is 1. The lowest BCUT2D eigenvalue weighted by molar-refractivity contribution is -0.148. The van der Waals surface area contributed by atoms with Gasteiger partial charge in [0, 0.05) is 54.2 Å². The lowest BCUT2D eigenvalue weighted by atomic mass is 10.00. The van der Waals surface area contributed by atoms with Crippen LogP contribution in [0.25, 0.3) is 46.1 Å². The minimum atomic E-state index is -1.06. The number of benzene rings is 4. The molecule has 4 aromatic carbocycles. The van der Waals surface area contributed by atoms with Crippen molar-refractivity contribution in [2.45, 2.75) is 25.4 Å². The number of carbonyl (C=O) groups is 3. The number of rotatable bonds is 13. The van der Waals surface area contributed by atoms with E-state index < -0.39 is 18.0 Å². The first-order valence-electron chi connectivity index (χ1n) is 17.5. The second-order valence-corrected chi connectivity index (χ2v) is 12.5. The monoisotopic (exact) mass is 734 g/mol. The minimum Gasteiger partial charge on any atom is -0.478 e. The number of carboxylic acid groups (broad SMARTS) is 2. The van der Waals surface area contributed by atoms with Crippen LogP contribution in [0.15, 0.2) is 139 Å². The number of hydrogen-bond donors (Lipinski definition) is 5. The van der Waals surface area contributed by atoms with Crippen LogP contribution in [-0.4, -0.2) is 66.4 Å². The van der Waals surface area contributed by atoms with Crippen molar-refractivity contribution in [2.24, 2.45) is 5.16 Å². The maximum Gasteiger partial charge on any atom is 0.348 e. The summed E-state index contributed by atoms with van der Waals surface area (Å²) in [5.74, 6) is -1.60. The number of aromatic nitrogens is 4. The van der Waals surface area contributed by atoms with Crippen LogP contribution < -0.4 is 5.32 Å². The van der Waals surface area contributed by atoms with Crippen molar-refractivity contribution >= 4 is 35.7 Å². The van der Waals surface area contributed by atoms with E-state index in [0.29, 0.717) is 23.8 Å². The SMILES string of the molecule is O=C(O)/C=C/c1ccc(-c2nc(-c3ccc(C4=NOC(C(=O)O)C4)cc3)c(-c3ccc(/C=C/C(=O)NCCCc4ccccc4)cc3)[nH]2)cc1.c1c[nH]cn1. The molecule has 7 rings (SSSR count). The third-order valence-corrected chi connectivity index (χ3v) is 8.56. The van der Waals surface area contributed by atoms with Crippen molar-refractivity contribution in [3.63, 3.8) is 0 Å². The summed E-state index contributed by atoms with van der Waals surface area (Å²) in [4.78, 5) is 54.5. The smallest absolute Gasteiger partial charge is 0.348 e. The van der Waals surface area contributed by atoms with Gasteiger partial charge in [0.1, 0.15) is 5.82 Å². The van der Waals surface area contributed by atoms with Crippen molar-refractivity contribution < 1.29 is 29.4 Å². The number of aryl methyl sites for hydroxylation is 1. The molecule has 1 atom stereocenters. The Labute approximate surface area is 317 Å². The summed E-state index contributed by atoms with van der Waals surface area (Å²) in [7, 11) is 0. The van der Waals surface area contributed by atoms with Crippen LogP contribution in [0.5, 0.6) is 0 Å². The molecule has 0 spiro atoms. The standard InChI is InChI=1S/C40H34N4O6.C3H4N2/c45-35(41-24-4-7-26-5-2-1-3-6-26)22-12-27-8-14-30(15-9-27)37-38(31-20-18-29(19-21-31)33-25-34(40(48)49)50-44-33)43-39(42-37)32-16-10-28(11-17-32)13-23-36(46)47;1-2-5-3-4-1/h1-3,5-6,8-23,34H,4,7,24-25H2,(H,41,45)(H,42,43)(H,46,47)(H,48,49);1-3H,(H,4,5)/b22-12+,23-13+;. The predicted molar refractivity (Wildman–Crippen MR) is 211 cm³/mol. The van der Waals surface area contributed by atoms with Crippen molar-refractivity contribution in [2.75, 3.05) is 6.54 Å². The maximum absolute atomic E-state index is 12.4. The molecule has 1 amide bonds. The fourth-order valence-electron chi connectivity index (χ4n) is 5.70. The Hall–Kier alpha value is -7.34. The van der Waals surface area contributed by atoms with Gasteiger partial charge in [-0.05, 0) is 47.2 Å². The average Bonchev–Trinajstić information content (AvgIpc) is 4.03. The summed E-state index contributed by atoms with van der Waals surface area (Å²) in [5.41, 5.74) is 8.18. The normalized spacial score (nSPS) is 13.5. The molecule has 0 bridgehead atoms. The summed E-state index contributed by atoms with van der Waals surface area (Å²) in [5, 5.41) is 25.1. The lowest BCUT2D eigenvalue weighted by Crippen LogP contribution is -2.22. The summed E-state index contributed by atoms with van der Waals surface area (Å²) >= 11 is 0. The van der Waals surface area contributed by atoms with Crippen molar-refractivity contribution in [1.82, 2.24) is 25.3 Å². The zero-order valence-electron chi connectivity index (χ0n) is 29.6. The first-order chi connectivity index (χ1) is 26.8. The number of nitrogens with zero attached hydrogens (tertiary/aromatic N) is 3. The highest BCUT2D eigenvalue weighted by atomic mass is 16.7. The van der Waals surface area contributed by atoms with Gasteiger partial charge in [0.05, 0.1) is 23.4 Å². The van der Waals surface area contributed by atoms with Gasteiger partial charge in [-0.2, -0.15) is 0 Å². The van der Waals surface area contributed by atoms with E-state index in [1.807, 2.05) is 91.0 Å². The van der Waals surface area contributed by atoms with Crippen LogP contribution in [-0.2, 0) is 25.6 Å². The molecule has 3 heterocycles. The highest BCUT2D eigenvalue weighted by Crippen LogP contribution is 2.34. The highest BCUT2D eigenvalue weighted by molar-refractivity contribution is 6.03. The molecule has 55 heavy (non-hydrogen) atoms. The van der Waals surface area contributed by atoms with E-state index in [2.05, 4.69) is 37.6 Å². The molecule has 1 aliphatic heterocycles. The summed E-state index contributed by atoms with van der Waals surface area (Å²) in [6.07, 6.45) is 12.0.